The van der Waals surface area contributed by atoms with Crippen molar-refractivity contribution in [2.24, 2.45) is 4.99 Å². The number of hydrogen-bond donors (Lipinski definition) is 0. The first-order valence-corrected chi connectivity index (χ1v) is 6.60. The molecule has 0 bridgehead atoms. The molecule has 0 aliphatic carbocycles. The lowest BCUT2D eigenvalue weighted by molar-refractivity contribution is -0.137. The van der Waals surface area contributed by atoms with Gasteiger partial charge in [0, 0.05) is 6.21 Å². The predicted molar refractivity (Wildman–Crippen MR) is 73.5 cm³/mol. The lowest BCUT2D eigenvalue weighted by Gasteiger charge is -2.17. The number of benzene rings is 1. The summed E-state index contributed by atoms with van der Waals surface area (Å²) in [5.41, 5.74) is -3.14. The SMILES string of the molecule is CC12C=NC(=O)N1C(=O)N(c1ccc(Cl)c(C(F)(F)F)c1)C2=O. The number of carbonyl (C=O) groups is 3. The summed E-state index contributed by atoms with van der Waals surface area (Å²) < 4.78 is 38.8. The van der Waals surface area contributed by atoms with Crippen molar-refractivity contribution >= 4 is 41.5 Å². The molecular weight excluding hydrogens is 339 g/mol. The number of imide groups is 2. The Kier molecular flexibility index (Phi) is 3.06. The molecule has 2 aliphatic heterocycles. The highest BCUT2D eigenvalue weighted by atomic mass is 35.5. The Morgan fingerprint density at radius 1 is 1.22 bits per heavy atom. The minimum atomic E-state index is -4.75. The number of rotatable bonds is 1. The second-order valence-electron chi connectivity index (χ2n) is 5.11. The lowest BCUT2D eigenvalue weighted by Crippen LogP contribution is -2.45. The molecule has 1 saturated heterocycles. The zero-order chi connectivity index (χ0) is 17.2. The van der Waals surface area contributed by atoms with Crippen LogP contribution in [0, 0.1) is 0 Å². The van der Waals surface area contributed by atoms with Gasteiger partial charge in [0.2, 0.25) is 0 Å². The van der Waals surface area contributed by atoms with Gasteiger partial charge in [-0.15, -0.1) is 0 Å². The van der Waals surface area contributed by atoms with Gasteiger partial charge < -0.3 is 0 Å². The van der Waals surface area contributed by atoms with Crippen molar-refractivity contribution in [2.75, 3.05) is 4.90 Å². The zero-order valence-corrected chi connectivity index (χ0v) is 12.1. The molecular formula is C13H7ClF3N3O3. The average Bonchev–Trinajstić information content (AvgIpc) is 2.85. The largest absolute Gasteiger partial charge is 0.417 e. The van der Waals surface area contributed by atoms with E-state index < -0.39 is 40.3 Å². The molecule has 0 saturated carbocycles. The molecule has 2 aliphatic rings. The van der Waals surface area contributed by atoms with Gasteiger partial charge in [-0.1, -0.05) is 11.6 Å². The maximum atomic E-state index is 12.9. The Labute approximate surface area is 132 Å². The van der Waals surface area contributed by atoms with Crippen LogP contribution < -0.4 is 4.90 Å². The quantitative estimate of drug-likeness (QED) is 0.734. The van der Waals surface area contributed by atoms with E-state index in [0.29, 0.717) is 15.9 Å². The van der Waals surface area contributed by atoms with E-state index in [2.05, 4.69) is 4.99 Å². The van der Waals surface area contributed by atoms with E-state index in [4.69, 9.17) is 11.6 Å². The Morgan fingerprint density at radius 3 is 2.43 bits per heavy atom. The Balaban J connectivity index is 2.10. The molecule has 2 heterocycles. The number of aliphatic imine (C=N–C) groups is 1. The van der Waals surface area contributed by atoms with Crippen molar-refractivity contribution in [1.29, 1.82) is 0 Å². The van der Waals surface area contributed by atoms with Crippen molar-refractivity contribution in [2.45, 2.75) is 18.6 Å². The van der Waals surface area contributed by atoms with Crippen LogP contribution in [0.4, 0.5) is 28.4 Å². The fraction of sp³-hybridized carbons (Fsp3) is 0.231. The van der Waals surface area contributed by atoms with Crippen LogP contribution in [0.25, 0.3) is 0 Å². The van der Waals surface area contributed by atoms with Gasteiger partial charge in [0.15, 0.2) is 5.54 Å². The van der Waals surface area contributed by atoms with Gasteiger partial charge in [0.25, 0.3) is 5.91 Å². The van der Waals surface area contributed by atoms with Gasteiger partial charge in [-0.25, -0.2) is 24.4 Å². The van der Waals surface area contributed by atoms with Gasteiger partial charge in [0.05, 0.1) is 16.3 Å². The topological polar surface area (TPSA) is 70.1 Å². The number of nitrogens with zero attached hydrogens (tertiary/aromatic N) is 3. The maximum Gasteiger partial charge on any atom is 0.417 e. The summed E-state index contributed by atoms with van der Waals surface area (Å²) in [7, 11) is 0. The van der Waals surface area contributed by atoms with Crippen LogP contribution in [-0.2, 0) is 11.0 Å². The summed E-state index contributed by atoms with van der Waals surface area (Å²) in [6.45, 7) is 1.28. The summed E-state index contributed by atoms with van der Waals surface area (Å²) >= 11 is 5.51. The molecule has 1 fully saturated rings. The standard InChI is InChI=1S/C13H7ClF3N3O3/c1-12-5-18-10(22)20(12)11(23)19(9(12)21)6-2-3-8(14)7(4-6)13(15,16)17/h2-5H,1H3. The van der Waals surface area contributed by atoms with E-state index in [1.807, 2.05) is 0 Å². The molecule has 0 aromatic heterocycles. The minimum Gasteiger partial charge on any atom is -0.271 e. The first kappa shape index (κ1) is 15.5. The van der Waals surface area contributed by atoms with Crippen LogP contribution in [0.15, 0.2) is 23.2 Å². The van der Waals surface area contributed by atoms with E-state index in [0.717, 1.165) is 18.3 Å². The molecule has 0 spiro atoms. The van der Waals surface area contributed by atoms with Crippen LogP contribution in [0.3, 0.4) is 0 Å². The number of hydrogen-bond acceptors (Lipinski definition) is 3. The van der Waals surface area contributed by atoms with Crippen molar-refractivity contribution in [3.63, 3.8) is 0 Å². The zero-order valence-electron chi connectivity index (χ0n) is 11.4. The number of alkyl halides is 3. The molecule has 0 N–H and O–H groups in total. The Hall–Kier alpha value is -2.42. The molecule has 120 valence electrons. The number of amides is 5. The molecule has 23 heavy (non-hydrogen) atoms. The van der Waals surface area contributed by atoms with Crippen LogP contribution in [0.2, 0.25) is 5.02 Å². The predicted octanol–water partition coefficient (Wildman–Crippen LogP) is 3.09. The fourth-order valence-corrected chi connectivity index (χ4v) is 2.66. The van der Waals surface area contributed by atoms with Crippen LogP contribution >= 0.6 is 11.6 Å². The number of carbonyl (C=O) groups excluding carboxylic acids is 3. The monoisotopic (exact) mass is 345 g/mol. The third-order valence-electron chi connectivity index (χ3n) is 3.61. The molecule has 0 radical (unpaired) electrons. The molecule has 3 rings (SSSR count). The normalized spacial score (nSPS) is 24.0. The fourth-order valence-electron chi connectivity index (χ4n) is 2.44. The van der Waals surface area contributed by atoms with Gasteiger partial charge in [-0.05, 0) is 25.1 Å². The van der Waals surface area contributed by atoms with E-state index in [1.165, 1.54) is 6.92 Å². The van der Waals surface area contributed by atoms with E-state index in [-0.39, 0.29) is 5.69 Å². The summed E-state index contributed by atoms with van der Waals surface area (Å²) in [5, 5.41) is -0.565. The molecule has 6 nitrogen and oxygen atoms in total. The molecule has 10 heteroatoms. The lowest BCUT2D eigenvalue weighted by atomic mass is 10.0. The number of halogens is 4. The number of fused-ring (bicyclic) bond motifs is 1. The molecule has 1 aromatic rings. The highest BCUT2D eigenvalue weighted by Crippen LogP contribution is 2.40. The van der Waals surface area contributed by atoms with E-state index >= 15 is 0 Å². The van der Waals surface area contributed by atoms with Crippen molar-refractivity contribution < 1.29 is 27.6 Å². The van der Waals surface area contributed by atoms with Crippen molar-refractivity contribution in [3.05, 3.63) is 28.8 Å². The van der Waals surface area contributed by atoms with Crippen LogP contribution in [0.1, 0.15) is 12.5 Å². The molecule has 1 atom stereocenters. The van der Waals surface area contributed by atoms with Gasteiger partial charge in [0.1, 0.15) is 0 Å². The second-order valence-corrected chi connectivity index (χ2v) is 5.52. The summed E-state index contributed by atoms with van der Waals surface area (Å²) in [5.74, 6) is -0.868. The van der Waals surface area contributed by atoms with Crippen LogP contribution in [-0.4, -0.2) is 34.6 Å². The first-order chi connectivity index (χ1) is 10.6. The highest BCUT2D eigenvalue weighted by molar-refractivity contribution is 6.35. The Bertz CT molecular complexity index is 792. The number of anilines is 1. The smallest absolute Gasteiger partial charge is 0.271 e. The summed E-state index contributed by atoms with van der Waals surface area (Å²) in [6, 6.07) is 0.613. The maximum absolute atomic E-state index is 12.9. The van der Waals surface area contributed by atoms with Crippen LogP contribution in [0.5, 0.6) is 0 Å². The van der Waals surface area contributed by atoms with Crippen molar-refractivity contribution in [1.82, 2.24) is 4.90 Å². The van der Waals surface area contributed by atoms with Gasteiger partial charge in [-0.3, -0.25) is 4.79 Å². The first-order valence-electron chi connectivity index (χ1n) is 6.22. The van der Waals surface area contributed by atoms with E-state index in [1.54, 1.807) is 0 Å². The van der Waals surface area contributed by atoms with E-state index in [9.17, 15) is 27.6 Å². The second kappa shape index (κ2) is 4.54. The molecule has 1 aromatic carbocycles. The minimum absolute atomic E-state index is 0.325. The van der Waals surface area contributed by atoms with Gasteiger partial charge >= 0.3 is 18.2 Å². The summed E-state index contributed by atoms with van der Waals surface area (Å²) in [4.78, 5) is 40.8. The third kappa shape index (κ3) is 2.03. The average molecular weight is 346 g/mol. The summed E-state index contributed by atoms with van der Waals surface area (Å²) in [6.07, 6.45) is -3.76. The highest BCUT2D eigenvalue weighted by Gasteiger charge is 2.60. The van der Waals surface area contributed by atoms with Crippen molar-refractivity contribution in [3.8, 4) is 0 Å². The molecule has 1 unspecified atom stereocenters. The molecule has 5 amide bonds. The van der Waals surface area contributed by atoms with Gasteiger partial charge in [-0.2, -0.15) is 13.2 Å². The third-order valence-corrected chi connectivity index (χ3v) is 3.94. The number of urea groups is 2. The Morgan fingerprint density at radius 2 is 1.87 bits per heavy atom.